The molecule has 0 fully saturated rings. The number of benzene rings is 3. The summed E-state index contributed by atoms with van der Waals surface area (Å²) in [5.41, 5.74) is 2.07. The van der Waals surface area contributed by atoms with Crippen molar-refractivity contribution in [2.75, 3.05) is 0 Å². The first-order valence-corrected chi connectivity index (χ1v) is 8.81. The third-order valence-corrected chi connectivity index (χ3v) is 4.76. The number of aromatic amines is 1. The molecule has 2 heterocycles. The fourth-order valence-electron chi connectivity index (χ4n) is 3.25. The van der Waals surface area contributed by atoms with Gasteiger partial charge in [0.1, 0.15) is 5.82 Å². The number of fused-ring (bicyclic) bond motifs is 2. The third kappa shape index (κ3) is 2.52. The van der Waals surface area contributed by atoms with Gasteiger partial charge in [0.2, 0.25) is 0 Å². The van der Waals surface area contributed by atoms with Crippen LogP contribution in [0.15, 0.2) is 77.6 Å². The topological polar surface area (TPSA) is 63.6 Å². The number of H-pyrrole nitrogens is 1. The predicted molar refractivity (Wildman–Crippen MR) is 107 cm³/mol. The van der Waals surface area contributed by atoms with Crippen molar-refractivity contribution in [3.8, 4) is 17.2 Å². The Labute approximate surface area is 158 Å². The number of aromatic nitrogens is 4. The molecule has 0 atom stereocenters. The fraction of sp³-hybridized carbons (Fsp3) is 0. The number of rotatable bonds is 2. The molecule has 27 heavy (non-hydrogen) atoms. The van der Waals surface area contributed by atoms with E-state index in [1.807, 2.05) is 54.6 Å². The minimum Gasteiger partial charge on any atom is -0.276 e. The Balaban J connectivity index is 1.95. The van der Waals surface area contributed by atoms with Crippen molar-refractivity contribution in [2.45, 2.75) is 0 Å². The van der Waals surface area contributed by atoms with Crippen molar-refractivity contribution in [2.24, 2.45) is 0 Å². The van der Waals surface area contributed by atoms with Crippen LogP contribution in [0.2, 0.25) is 5.02 Å². The Morgan fingerprint density at radius 2 is 1.67 bits per heavy atom. The highest BCUT2D eigenvalue weighted by Gasteiger charge is 2.18. The first-order valence-electron chi connectivity index (χ1n) is 8.43. The molecule has 0 aliphatic heterocycles. The standard InChI is InChI=1S/C21H13ClN4O/c22-14-10-11-17-16(12-14)21(27)26(19(23-17)13-6-2-1-3-7-13)20-15-8-4-5-9-18(15)24-25-20/h1-12H,(H,24,25). The number of hydrogen-bond acceptors (Lipinski definition) is 3. The molecule has 0 aliphatic rings. The second-order valence-corrected chi connectivity index (χ2v) is 6.63. The highest BCUT2D eigenvalue weighted by atomic mass is 35.5. The number of halogens is 1. The Morgan fingerprint density at radius 1 is 0.889 bits per heavy atom. The molecule has 5 nitrogen and oxygen atoms in total. The molecule has 5 aromatic rings. The lowest BCUT2D eigenvalue weighted by Crippen LogP contribution is -2.22. The summed E-state index contributed by atoms with van der Waals surface area (Å²) in [4.78, 5) is 18.2. The molecule has 3 aromatic carbocycles. The van der Waals surface area contributed by atoms with E-state index in [1.54, 1.807) is 22.8 Å². The minimum absolute atomic E-state index is 0.210. The summed E-state index contributed by atoms with van der Waals surface area (Å²) in [5, 5.41) is 9.19. The van der Waals surface area contributed by atoms with E-state index in [-0.39, 0.29) is 5.56 Å². The molecular weight excluding hydrogens is 360 g/mol. The molecule has 0 aliphatic carbocycles. The molecule has 5 rings (SSSR count). The minimum atomic E-state index is -0.210. The van der Waals surface area contributed by atoms with Crippen LogP contribution < -0.4 is 5.56 Å². The number of nitrogens with one attached hydrogen (secondary N) is 1. The van der Waals surface area contributed by atoms with Crippen LogP contribution in [0.4, 0.5) is 0 Å². The summed E-state index contributed by atoms with van der Waals surface area (Å²) in [6.07, 6.45) is 0. The van der Waals surface area contributed by atoms with Crippen LogP contribution in [0, 0.1) is 0 Å². The van der Waals surface area contributed by atoms with E-state index < -0.39 is 0 Å². The van der Waals surface area contributed by atoms with E-state index in [2.05, 4.69) is 10.2 Å². The van der Waals surface area contributed by atoms with Gasteiger partial charge >= 0.3 is 0 Å². The second-order valence-electron chi connectivity index (χ2n) is 6.20. The molecule has 130 valence electrons. The maximum absolute atomic E-state index is 13.4. The predicted octanol–water partition coefficient (Wildman–Crippen LogP) is 4.58. The molecule has 0 spiro atoms. The molecular formula is C21H13ClN4O. The fourth-order valence-corrected chi connectivity index (χ4v) is 3.43. The Morgan fingerprint density at radius 3 is 2.52 bits per heavy atom. The summed E-state index contributed by atoms with van der Waals surface area (Å²) in [5.74, 6) is 1.05. The van der Waals surface area contributed by atoms with Gasteiger partial charge in [0.15, 0.2) is 5.82 Å². The van der Waals surface area contributed by atoms with Crippen molar-refractivity contribution < 1.29 is 0 Å². The lowest BCUT2D eigenvalue weighted by molar-refractivity contribution is 0.918. The quantitative estimate of drug-likeness (QED) is 0.493. The largest absolute Gasteiger partial charge is 0.276 e. The van der Waals surface area contributed by atoms with E-state index in [9.17, 15) is 4.79 Å². The van der Waals surface area contributed by atoms with E-state index in [0.717, 1.165) is 16.5 Å². The molecule has 6 heteroatoms. The van der Waals surface area contributed by atoms with Gasteiger partial charge in [-0.15, -0.1) is 0 Å². The van der Waals surface area contributed by atoms with Gasteiger partial charge in [0.25, 0.3) is 5.56 Å². The van der Waals surface area contributed by atoms with E-state index in [0.29, 0.717) is 27.6 Å². The second kappa shape index (κ2) is 6.07. The lowest BCUT2D eigenvalue weighted by Gasteiger charge is -2.12. The van der Waals surface area contributed by atoms with Crippen LogP contribution in [0.3, 0.4) is 0 Å². The number of para-hydroxylation sites is 1. The van der Waals surface area contributed by atoms with Gasteiger partial charge in [-0.25, -0.2) is 9.55 Å². The Hall–Kier alpha value is -3.44. The average Bonchev–Trinajstić information content (AvgIpc) is 3.13. The van der Waals surface area contributed by atoms with Crippen molar-refractivity contribution in [1.29, 1.82) is 0 Å². The first-order chi connectivity index (χ1) is 13.2. The summed E-state index contributed by atoms with van der Waals surface area (Å²) in [6.45, 7) is 0. The van der Waals surface area contributed by atoms with Crippen molar-refractivity contribution in [3.05, 3.63) is 88.2 Å². The summed E-state index contributed by atoms with van der Waals surface area (Å²) >= 11 is 6.12. The molecule has 0 bridgehead atoms. The Bertz CT molecular complexity index is 1360. The zero-order valence-corrected chi connectivity index (χ0v) is 14.8. The van der Waals surface area contributed by atoms with Gasteiger partial charge in [-0.05, 0) is 30.3 Å². The van der Waals surface area contributed by atoms with Crippen molar-refractivity contribution in [3.63, 3.8) is 0 Å². The first kappa shape index (κ1) is 15.8. The van der Waals surface area contributed by atoms with Gasteiger partial charge in [0, 0.05) is 16.0 Å². The maximum atomic E-state index is 13.4. The van der Waals surface area contributed by atoms with Crippen LogP contribution in [-0.2, 0) is 0 Å². The summed E-state index contributed by atoms with van der Waals surface area (Å²) in [7, 11) is 0. The molecule has 0 radical (unpaired) electrons. The highest BCUT2D eigenvalue weighted by Crippen LogP contribution is 2.26. The average molecular weight is 373 g/mol. The Kier molecular flexibility index (Phi) is 3.55. The maximum Gasteiger partial charge on any atom is 0.267 e. The smallest absolute Gasteiger partial charge is 0.267 e. The van der Waals surface area contributed by atoms with Crippen LogP contribution in [-0.4, -0.2) is 19.7 Å². The molecule has 2 aromatic heterocycles. The van der Waals surface area contributed by atoms with Crippen LogP contribution in [0.1, 0.15) is 0 Å². The van der Waals surface area contributed by atoms with Gasteiger partial charge in [-0.3, -0.25) is 9.89 Å². The normalized spacial score (nSPS) is 11.3. The van der Waals surface area contributed by atoms with Crippen molar-refractivity contribution >= 4 is 33.4 Å². The summed E-state index contributed by atoms with van der Waals surface area (Å²) in [6, 6.07) is 22.4. The summed E-state index contributed by atoms with van der Waals surface area (Å²) < 4.78 is 1.55. The molecule has 0 amide bonds. The molecule has 1 N–H and O–H groups in total. The van der Waals surface area contributed by atoms with Gasteiger partial charge < -0.3 is 0 Å². The van der Waals surface area contributed by atoms with E-state index >= 15 is 0 Å². The van der Waals surface area contributed by atoms with Gasteiger partial charge in [-0.1, -0.05) is 54.1 Å². The number of hydrogen-bond donors (Lipinski definition) is 1. The van der Waals surface area contributed by atoms with E-state index in [4.69, 9.17) is 16.6 Å². The lowest BCUT2D eigenvalue weighted by atomic mass is 10.1. The molecule has 0 saturated carbocycles. The molecule has 0 unspecified atom stereocenters. The van der Waals surface area contributed by atoms with E-state index in [1.165, 1.54) is 0 Å². The van der Waals surface area contributed by atoms with Crippen LogP contribution in [0.5, 0.6) is 0 Å². The zero-order valence-electron chi connectivity index (χ0n) is 14.1. The van der Waals surface area contributed by atoms with Crippen LogP contribution >= 0.6 is 11.6 Å². The highest BCUT2D eigenvalue weighted by molar-refractivity contribution is 6.31. The van der Waals surface area contributed by atoms with Gasteiger partial charge in [-0.2, -0.15) is 5.10 Å². The zero-order chi connectivity index (χ0) is 18.4. The third-order valence-electron chi connectivity index (χ3n) is 4.52. The monoisotopic (exact) mass is 372 g/mol. The van der Waals surface area contributed by atoms with Crippen LogP contribution in [0.25, 0.3) is 39.0 Å². The van der Waals surface area contributed by atoms with Crippen molar-refractivity contribution in [1.82, 2.24) is 19.7 Å². The molecule has 0 saturated heterocycles. The SMILES string of the molecule is O=c1c2cc(Cl)ccc2nc(-c2ccccc2)n1-c1n[nH]c2ccccc12. The van der Waals surface area contributed by atoms with Gasteiger partial charge in [0.05, 0.1) is 16.4 Å². The number of nitrogens with zero attached hydrogens (tertiary/aromatic N) is 3.